The highest BCUT2D eigenvalue weighted by molar-refractivity contribution is 9.10. The summed E-state index contributed by atoms with van der Waals surface area (Å²) in [5, 5.41) is 0. The molecule has 0 aromatic carbocycles. The van der Waals surface area contributed by atoms with Crippen LogP contribution in [0.3, 0.4) is 0 Å². The first-order valence-electron chi connectivity index (χ1n) is 4.12. The molecule has 4 nitrogen and oxygen atoms in total. The molecule has 1 rings (SSSR count). The molecular formula is C9H8BrF2NO3. The lowest BCUT2D eigenvalue weighted by atomic mass is 10.2. The standard InChI is InChI=1S/C9H8BrF2NO3/c1-15-4-3-5(10)13-7(8(11)12)6(4)9(14)16-2/h3,8H,1-2H3. The second-order valence-corrected chi connectivity index (χ2v) is 3.51. The Labute approximate surface area is 98.7 Å². The fourth-order valence-corrected chi connectivity index (χ4v) is 1.53. The van der Waals surface area contributed by atoms with Crippen LogP contribution in [0.15, 0.2) is 10.7 Å². The molecule has 0 atom stereocenters. The third kappa shape index (κ3) is 2.46. The van der Waals surface area contributed by atoms with Crippen LogP contribution in [0.2, 0.25) is 0 Å². The first-order valence-corrected chi connectivity index (χ1v) is 4.91. The number of methoxy groups -OCH3 is 2. The number of pyridine rings is 1. The first-order chi connectivity index (χ1) is 7.51. The summed E-state index contributed by atoms with van der Waals surface area (Å²) in [5.74, 6) is -0.920. The van der Waals surface area contributed by atoms with E-state index in [1.54, 1.807) is 0 Å². The molecule has 0 radical (unpaired) electrons. The van der Waals surface area contributed by atoms with Crippen LogP contribution in [0.5, 0.6) is 5.75 Å². The third-order valence-corrected chi connectivity index (χ3v) is 2.20. The van der Waals surface area contributed by atoms with Crippen LogP contribution in [0.1, 0.15) is 22.5 Å². The molecule has 7 heteroatoms. The number of esters is 1. The van der Waals surface area contributed by atoms with Gasteiger partial charge in [-0.25, -0.2) is 18.6 Å². The van der Waals surface area contributed by atoms with Gasteiger partial charge in [0.05, 0.1) is 14.2 Å². The molecule has 0 aliphatic heterocycles. The largest absolute Gasteiger partial charge is 0.496 e. The SMILES string of the molecule is COC(=O)c1c(OC)cc(Br)nc1C(F)F. The second-order valence-electron chi connectivity index (χ2n) is 2.70. The van der Waals surface area contributed by atoms with Crippen LogP contribution in [0.4, 0.5) is 8.78 Å². The normalized spacial score (nSPS) is 10.4. The number of nitrogens with zero attached hydrogens (tertiary/aromatic N) is 1. The van der Waals surface area contributed by atoms with Crippen molar-refractivity contribution in [3.63, 3.8) is 0 Å². The van der Waals surface area contributed by atoms with Gasteiger partial charge >= 0.3 is 5.97 Å². The maximum atomic E-state index is 12.7. The van der Waals surface area contributed by atoms with Crippen molar-refractivity contribution in [1.29, 1.82) is 0 Å². The Morgan fingerprint density at radius 3 is 2.56 bits per heavy atom. The maximum absolute atomic E-state index is 12.7. The minimum atomic E-state index is -2.89. The summed E-state index contributed by atoms with van der Waals surface area (Å²) in [5.41, 5.74) is -1.03. The summed E-state index contributed by atoms with van der Waals surface area (Å²) in [7, 11) is 2.36. The van der Waals surface area contributed by atoms with Gasteiger partial charge in [0.25, 0.3) is 6.43 Å². The smallest absolute Gasteiger partial charge is 0.343 e. The van der Waals surface area contributed by atoms with Crippen LogP contribution in [0.25, 0.3) is 0 Å². The fraction of sp³-hybridized carbons (Fsp3) is 0.333. The number of rotatable bonds is 3. The van der Waals surface area contributed by atoms with Crippen LogP contribution in [0, 0.1) is 0 Å². The molecule has 0 unspecified atom stereocenters. The van der Waals surface area contributed by atoms with E-state index in [9.17, 15) is 13.6 Å². The zero-order valence-electron chi connectivity index (χ0n) is 8.46. The molecule has 0 saturated carbocycles. The number of carbonyl (C=O) groups excluding carboxylic acids is 1. The summed E-state index contributed by atoms with van der Waals surface area (Å²) in [6.45, 7) is 0. The first kappa shape index (κ1) is 12.8. The predicted molar refractivity (Wildman–Crippen MR) is 54.8 cm³/mol. The van der Waals surface area contributed by atoms with Gasteiger partial charge in [-0.15, -0.1) is 0 Å². The van der Waals surface area contributed by atoms with Crippen LogP contribution < -0.4 is 4.74 Å². The molecular weight excluding hydrogens is 288 g/mol. The van der Waals surface area contributed by atoms with Crippen LogP contribution in [-0.2, 0) is 4.74 Å². The molecule has 0 saturated heterocycles. The number of carbonyl (C=O) groups is 1. The van der Waals surface area contributed by atoms with Crippen molar-refractivity contribution in [2.75, 3.05) is 14.2 Å². The number of hydrogen-bond acceptors (Lipinski definition) is 4. The number of alkyl halides is 2. The number of aromatic nitrogens is 1. The molecule has 16 heavy (non-hydrogen) atoms. The monoisotopic (exact) mass is 295 g/mol. The summed E-state index contributed by atoms with van der Waals surface area (Å²) < 4.78 is 34.7. The van der Waals surface area contributed by atoms with Crippen LogP contribution in [-0.4, -0.2) is 25.2 Å². The van der Waals surface area contributed by atoms with E-state index >= 15 is 0 Å². The zero-order valence-corrected chi connectivity index (χ0v) is 10.0. The lowest BCUT2D eigenvalue weighted by Crippen LogP contribution is -2.10. The molecule has 0 N–H and O–H groups in total. The topological polar surface area (TPSA) is 48.4 Å². The fourth-order valence-electron chi connectivity index (χ4n) is 1.14. The zero-order chi connectivity index (χ0) is 12.3. The highest BCUT2D eigenvalue weighted by Crippen LogP contribution is 2.31. The van der Waals surface area contributed by atoms with Gasteiger partial charge < -0.3 is 9.47 Å². The molecule has 0 spiro atoms. The molecule has 88 valence electrons. The van der Waals surface area contributed by atoms with Gasteiger partial charge in [0.1, 0.15) is 21.6 Å². The van der Waals surface area contributed by atoms with E-state index in [0.717, 1.165) is 7.11 Å². The summed E-state index contributed by atoms with van der Waals surface area (Å²) in [4.78, 5) is 14.9. The number of ether oxygens (including phenoxy) is 2. The second kappa shape index (κ2) is 5.20. The average Bonchev–Trinajstić information content (AvgIpc) is 2.26. The Morgan fingerprint density at radius 2 is 2.12 bits per heavy atom. The maximum Gasteiger partial charge on any atom is 0.343 e. The lowest BCUT2D eigenvalue weighted by molar-refractivity contribution is 0.0582. The molecule has 1 aromatic heterocycles. The predicted octanol–water partition coefficient (Wildman–Crippen LogP) is 2.58. The summed E-state index contributed by atoms with van der Waals surface area (Å²) in [6, 6.07) is 1.32. The highest BCUT2D eigenvalue weighted by Gasteiger charge is 2.26. The van der Waals surface area contributed by atoms with Crippen molar-refractivity contribution in [2.24, 2.45) is 0 Å². The number of halogens is 3. The van der Waals surface area contributed by atoms with E-state index < -0.39 is 18.1 Å². The Hall–Kier alpha value is -1.24. The summed E-state index contributed by atoms with van der Waals surface area (Å²) in [6.07, 6.45) is -2.89. The summed E-state index contributed by atoms with van der Waals surface area (Å²) >= 11 is 2.95. The van der Waals surface area contributed by atoms with Gasteiger partial charge in [0.15, 0.2) is 0 Å². The van der Waals surface area contributed by atoms with Gasteiger partial charge in [-0.1, -0.05) is 0 Å². The highest BCUT2D eigenvalue weighted by atomic mass is 79.9. The molecule has 0 fully saturated rings. The van der Waals surface area contributed by atoms with Crippen molar-refractivity contribution in [2.45, 2.75) is 6.43 Å². The van der Waals surface area contributed by atoms with E-state index in [1.165, 1.54) is 13.2 Å². The van der Waals surface area contributed by atoms with Crippen molar-refractivity contribution in [3.05, 3.63) is 21.9 Å². The van der Waals surface area contributed by atoms with Crippen molar-refractivity contribution in [3.8, 4) is 5.75 Å². The van der Waals surface area contributed by atoms with Crippen molar-refractivity contribution >= 4 is 21.9 Å². The van der Waals surface area contributed by atoms with E-state index in [4.69, 9.17) is 4.74 Å². The van der Waals surface area contributed by atoms with Crippen molar-refractivity contribution < 1.29 is 23.0 Å². The van der Waals surface area contributed by atoms with E-state index in [0.29, 0.717) is 0 Å². The van der Waals surface area contributed by atoms with Gasteiger partial charge in [-0.3, -0.25) is 0 Å². The molecule has 0 bridgehead atoms. The lowest BCUT2D eigenvalue weighted by Gasteiger charge is -2.11. The molecule has 1 aromatic rings. The van der Waals surface area contributed by atoms with E-state index in [1.807, 2.05) is 0 Å². The molecule has 0 amide bonds. The Kier molecular flexibility index (Phi) is 4.17. The Morgan fingerprint density at radius 1 is 1.50 bits per heavy atom. The quantitative estimate of drug-likeness (QED) is 0.635. The minimum absolute atomic E-state index is 0.0102. The molecule has 1 heterocycles. The van der Waals surface area contributed by atoms with Gasteiger partial charge in [0.2, 0.25) is 0 Å². The van der Waals surface area contributed by atoms with Gasteiger partial charge in [-0.2, -0.15) is 0 Å². The Bertz CT molecular complexity index is 412. The van der Waals surface area contributed by atoms with E-state index in [2.05, 4.69) is 25.7 Å². The van der Waals surface area contributed by atoms with Crippen molar-refractivity contribution in [1.82, 2.24) is 4.98 Å². The van der Waals surface area contributed by atoms with Gasteiger partial charge in [-0.05, 0) is 15.9 Å². The molecule has 0 aliphatic carbocycles. The average molecular weight is 296 g/mol. The third-order valence-electron chi connectivity index (χ3n) is 1.80. The number of hydrogen-bond donors (Lipinski definition) is 0. The van der Waals surface area contributed by atoms with Crippen LogP contribution >= 0.6 is 15.9 Å². The molecule has 0 aliphatic rings. The van der Waals surface area contributed by atoms with Gasteiger partial charge in [0, 0.05) is 6.07 Å². The Balaban J connectivity index is 3.45. The minimum Gasteiger partial charge on any atom is -0.496 e. The van der Waals surface area contributed by atoms with E-state index in [-0.39, 0.29) is 15.9 Å².